The normalized spacial score (nSPS) is 17.0. The van der Waals surface area contributed by atoms with Gasteiger partial charge in [-0.2, -0.15) is 0 Å². The van der Waals surface area contributed by atoms with E-state index in [0.29, 0.717) is 16.7 Å². The first-order chi connectivity index (χ1) is 9.96. The molecule has 0 amide bonds. The van der Waals surface area contributed by atoms with E-state index in [4.69, 9.17) is 4.74 Å². The van der Waals surface area contributed by atoms with Gasteiger partial charge in [0.1, 0.15) is 5.54 Å². The molecule has 114 valence electrons. The molecule has 0 spiro atoms. The lowest BCUT2D eigenvalue weighted by Gasteiger charge is -2.27. The maximum Gasteiger partial charge on any atom is 0.326 e. The maximum atomic E-state index is 12.0. The Bertz CT molecular complexity index is 548. The number of nitro benzene ring substituents is 1. The number of thioether (sulfide) groups is 1. The van der Waals surface area contributed by atoms with Crippen molar-refractivity contribution in [2.24, 2.45) is 0 Å². The van der Waals surface area contributed by atoms with Gasteiger partial charge in [-0.25, -0.2) is 0 Å². The molecule has 1 aromatic rings. The molecule has 2 rings (SSSR count). The molecule has 1 unspecified atom stereocenters. The van der Waals surface area contributed by atoms with Crippen molar-refractivity contribution in [1.82, 2.24) is 5.32 Å². The first kappa shape index (κ1) is 15.8. The van der Waals surface area contributed by atoms with Crippen molar-refractivity contribution >= 4 is 23.4 Å². The Kier molecular flexibility index (Phi) is 4.84. The van der Waals surface area contributed by atoms with Gasteiger partial charge in [-0.1, -0.05) is 12.1 Å². The van der Waals surface area contributed by atoms with Crippen LogP contribution in [0.15, 0.2) is 29.2 Å². The summed E-state index contributed by atoms with van der Waals surface area (Å²) in [6.07, 6.45) is 2.09. The second-order valence-electron chi connectivity index (χ2n) is 5.26. The van der Waals surface area contributed by atoms with Gasteiger partial charge >= 0.3 is 5.97 Å². The van der Waals surface area contributed by atoms with Gasteiger partial charge in [0.15, 0.2) is 0 Å². The molecule has 1 aliphatic rings. The van der Waals surface area contributed by atoms with E-state index in [0.717, 1.165) is 12.8 Å². The van der Waals surface area contributed by atoms with Gasteiger partial charge in [0, 0.05) is 17.9 Å². The average Bonchev–Trinajstić information content (AvgIpc) is 3.28. The summed E-state index contributed by atoms with van der Waals surface area (Å²) in [6, 6.07) is 6.87. The highest BCUT2D eigenvalue weighted by Gasteiger charge is 2.39. The van der Waals surface area contributed by atoms with Crippen LogP contribution in [-0.4, -0.2) is 35.3 Å². The zero-order chi connectivity index (χ0) is 15.5. The monoisotopic (exact) mass is 310 g/mol. The molecular weight excluding hydrogens is 292 g/mol. The van der Waals surface area contributed by atoms with Crippen LogP contribution in [0.3, 0.4) is 0 Å². The molecule has 1 N–H and O–H groups in total. The van der Waals surface area contributed by atoms with Crippen molar-refractivity contribution in [1.29, 1.82) is 0 Å². The van der Waals surface area contributed by atoms with Crippen LogP contribution in [0.5, 0.6) is 0 Å². The predicted molar refractivity (Wildman–Crippen MR) is 80.4 cm³/mol. The number of hydrogen-bond donors (Lipinski definition) is 1. The molecule has 1 saturated carbocycles. The highest BCUT2D eigenvalue weighted by molar-refractivity contribution is 7.99. The topological polar surface area (TPSA) is 81.5 Å². The molecule has 1 aromatic carbocycles. The predicted octanol–water partition coefficient (Wildman–Crippen LogP) is 2.37. The van der Waals surface area contributed by atoms with E-state index < -0.39 is 10.5 Å². The molecular formula is C14H18N2O4S. The maximum absolute atomic E-state index is 12.0. The Morgan fingerprint density at radius 1 is 1.52 bits per heavy atom. The molecule has 1 aliphatic carbocycles. The van der Waals surface area contributed by atoms with E-state index in [1.165, 1.54) is 24.9 Å². The lowest BCUT2D eigenvalue weighted by molar-refractivity contribution is -0.387. The molecule has 0 bridgehead atoms. The first-order valence-electron chi connectivity index (χ1n) is 6.68. The minimum atomic E-state index is -0.843. The second kappa shape index (κ2) is 6.44. The smallest absolute Gasteiger partial charge is 0.326 e. The van der Waals surface area contributed by atoms with Crippen LogP contribution in [0.1, 0.15) is 19.8 Å². The first-order valence-corrected chi connectivity index (χ1v) is 7.67. The summed E-state index contributed by atoms with van der Waals surface area (Å²) in [5.41, 5.74) is -0.786. The molecule has 0 aromatic heterocycles. The minimum Gasteiger partial charge on any atom is -0.468 e. The molecule has 7 heteroatoms. The number of carbonyl (C=O) groups excluding carboxylic acids is 1. The number of rotatable bonds is 7. The fraction of sp³-hybridized carbons (Fsp3) is 0.500. The highest BCUT2D eigenvalue weighted by Crippen LogP contribution is 2.32. The number of hydrogen-bond acceptors (Lipinski definition) is 6. The lowest BCUT2D eigenvalue weighted by atomic mass is 10.1. The molecule has 0 radical (unpaired) electrons. The lowest BCUT2D eigenvalue weighted by Crippen LogP contribution is -2.53. The summed E-state index contributed by atoms with van der Waals surface area (Å²) in [5.74, 6) is 0.0292. The van der Waals surface area contributed by atoms with Crippen molar-refractivity contribution in [3.63, 3.8) is 0 Å². The van der Waals surface area contributed by atoms with Crippen LogP contribution < -0.4 is 5.32 Å². The Morgan fingerprint density at radius 3 is 2.76 bits per heavy atom. The highest BCUT2D eigenvalue weighted by atomic mass is 32.2. The minimum absolute atomic E-state index is 0.0566. The second-order valence-corrected chi connectivity index (χ2v) is 6.27. The van der Waals surface area contributed by atoms with Gasteiger partial charge in [-0.15, -0.1) is 11.8 Å². The zero-order valence-corrected chi connectivity index (χ0v) is 12.8. The Balaban J connectivity index is 2.11. The number of esters is 1. The van der Waals surface area contributed by atoms with E-state index in [-0.39, 0.29) is 11.7 Å². The largest absolute Gasteiger partial charge is 0.468 e. The Hall–Kier alpha value is -1.60. The van der Waals surface area contributed by atoms with Gasteiger partial charge in [0.2, 0.25) is 0 Å². The van der Waals surface area contributed by atoms with Gasteiger partial charge < -0.3 is 4.74 Å². The van der Waals surface area contributed by atoms with Crippen LogP contribution in [0.25, 0.3) is 0 Å². The van der Waals surface area contributed by atoms with E-state index in [2.05, 4.69) is 5.32 Å². The summed E-state index contributed by atoms with van der Waals surface area (Å²) in [7, 11) is 1.35. The molecule has 0 heterocycles. The Labute approximate surface area is 127 Å². The number of nitro groups is 1. The van der Waals surface area contributed by atoms with Gasteiger partial charge in [-0.05, 0) is 25.8 Å². The number of benzene rings is 1. The summed E-state index contributed by atoms with van der Waals surface area (Å²) in [5, 5.41) is 14.3. The van der Waals surface area contributed by atoms with Crippen LogP contribution in [0.4, 0.5) is 5.69 Å². The van der Waals surface area contributed by atoms with Gasteiger partial charge in [-0.3, -0.25) is 20.2 Å². The molecule has 21 heavy (non-hydrogen) atoms. The summed E-state index contributed by atoms with van der Waals surface area (Å²) in [6.45, 7) is 1.78. The number of ether oxygens (including phenoxy) is 1. The van der Waals surface area contributed by atoms with Gasteiger partial charge in [0.25, 0.3) is 5.69 Å². The van der Waals surface area contributed by atoms with E-state index in [1.807, 2.05) is 0 Å². The third-order valence-electron chi connectivity index (χ3n) is 3.31. The number of nitrogens with zero attached hydrogens (tertiary/aromatic N) is 1. The number of para-hydroxylation sites is 1. The summed E-state index contributed by atoms with van der Waals surface area (Å²) >= 11 is 1.29. The zero-order valence-electron chi connectivity index (χ0n) is 12.0. The quantitative estimate of drug-likeness (QED) is 0.360. The molecule has 6 nitrogen and oxygen atoms in total. The van der Waals surface area contributed by atoms with Crippen molar-refractivity contribution < 1.29 is 14.5 Å². The molecule has 1 fully saturated rings. The summed E-state index contributed by atoms with van der Waals surface area (Å²) in [4.78, 5) is 23.2. The van der Waals surface area contributed by atoms with Gasteiger partial charge in [0.05, 0.1) is 16.9 Å². The molecule has 1 atom stereocenters. The van der Waals surface area contributed by atoms with Crippen molar-refractivity contribution in [2.45, 2.75) is 36.2 Å². The van der Waals surface area contributed by atoms with E-state index in [1.54, 1.807) is 25.1 Å². The number of methoxy groups -OCH3 is 1. The third-order valence-corrected chi connectivity index (χ3v) is 4.69. The standard InChI is InChI=1S/C14H18N2O4S/c1-14(13(17)20-2,15-10-7-8-10)9-21-12-6-4-3-5-11(12)16(18)19/h3-6,10,15H,7-9H2,1-2H3. The number of carbonyl (C=O) groups is 1. The fourth-order valence-electron chi connectivity index (χ4n) is 2.02. The van der Waals surface area contributed by atoms with E-state index in [9.17, 15) is 14.9 Å². The summed E-state index contributed by atoms with van der Waals surface area (Å²) < 4.78 is 4.86. The fourth-order valence-corrected chi connectivity index (χ4v) is 3.13. The average molecular weight is 310 g/mol. The van der Waals surface area contributed by atoms with Crippen LogP contribution in [0.2, 0.25) is 0 Å². The van der Waals surface area contributed by atoms with Crippen molar-refractivity contribution in [3.05, 3.63) is 34.4 Å². The van der Waals surface area contributed by atoms with Crippen molar-refractivity contribution in [3.8, 4) is 0 Å². The SMILES string of the molecule is COC(=O)C(C)(CSc1ccccc1[N+](=O)[O-])NC1CC1. The molecule has 0 aliphatic heterocycles. The van der Waals surface area contributed by atoms with Crippen LogP contribution in [-0.2, 0) is 9.53 Å². The molecule has 0 saturated heterocycles. The van der Waals surface area contributed by atoms with Crippen molar-refractivity contribution in [2.75, 3.05) is 12.9 Å². The Morgan fingerprint density at radius 2 is 2.19 bits per heavy atom. The van der Waals surface area contributed by atoms with E-state index >= 15 is 0 Å². The third kappa shape index (κ3) is 3.95. The van der Waals surface area contributed by atoms with Crippen LogP contribution in [0, 0.1) is 10.1 Å². The van der Waals surface area contributed by atoms with Crippen LogP contribution >= 0.6 is 11.8 Å². The number of nitrogens with one attached hydrogen (secondary N) is 1.